The molecular formula is C12H12ClFN2S. The zero-order valence-corrected chi connectivity index (χ0v) is 10.7. The SMILES string of the molecule is Fc1cc2[nH]c(=S)n(CCC3CC3)c2cc1Cl. The summed E-state index contributed by atoms with van der Waals surface area (Å²) < 4.78 is 16.0. The third-order valence-corrected chi connectivity index (χ3v) is 3.89. The molecule has 1 aromatic carbocycles. The van der Waals surface area contributed by atoms with Crippen molar-refractivity contribution in [1.29, 1.82) is 0 Å². The first-order chi connectivity index (χ1) is 8.15. The number of rotatable bonds is 3. The van der Waals surface area contributed by atoms with Crippen LogP contribution in [0.4, 0.5) is 4.39 Å². The molecular weight excluding hydrogens is 259 g/mol. The van der Waals surface area contributed by atoms with Crippen molar-refractivity contribution in [3.05, 3.63) is 27.7 Å². The summed E-state index contributed by atoms with van der Waals surface area (Å²) in [4.78, 5) is 3.02. The molecule has 1 aliphatic carbocycles. The molecule has 1 aliphatic rings. The number of aromatic nitrogens is 2. The third-order valence-electron chi connectivity index (χ3n) is 3.27. The van der Waals surface area contributed by atoms with Crippen LogP contribution in [-0.2, 0) is 6.54 Å². The Balaban J connectivity index is 2.05. The Labute approximate surface area is 108 Å². The van der Waals surface area contributed by atoms with Gasteiger partial charge in [-0.25, -0.2) is 4.39 Å². The highest BCUT2D eigenvalue weighted by Crippen LogP contribution is 2.33. The molecule has 1 aromatic heterocycles. The monoisotopic (exact) mass is 270 g/mol. The van der Waals surface area contributed by atoms with Gasteiger partial charge in [0.25, 0.3) is 0 Å². The van der Waals surface area contributed by atoms with Crippen molar-refractivity contribution in [1.82, 2.24) is 9.55 Å². The molecule has 0 spiro atoms. The molecule has 2 aromatic rings. The lowest BCUT2D eigenvalue weighted by Gasteiger charge is -2.04. The molecule has 1 fully saturated rings. The van der Waals surface area contributed by atoms with Crippen molar-refractivity contribution in [3.63, 3.8) is 0 Å². The Kier molecular flexibility index (Phi) is 2.71. The van der Waals surface area contributed by atoms with Gasteiger partial charge in [0.15, 0.2) is 4.77 Å². The second-order valence-corrected chi connectivity index (χ2v) is 5.39. The van der Waals surface area contributed by atoms with Crippen molar-refractivity contribution in [2.45, 2.75) is 25.8 Å². The van der Waals surface area contributed by atoms with Gasteiger partial charge in [-0.2, -0.15) is 0 Å². The highest BCUT2D eigenvalue weighted by molar-refractivity contribution is 7.71. The average molecular weight is 271 g/mol. The first kappa shape index (κ1) is 11.2. The summed E-state index contributed by atoms with van der Waals surface area (Å²) in [6, 6.07) is 3.05. The van der Waals surface area contributed by atoms with E-state index in [-0.39, 0.29) is 5.02 Å². The van der Waals surface area contributed by atoms with Crippen LogP contribution >= 0.6 is 23.8 Å². The van der Waals surface area contributed by atoms with Crippen LogP contribution in [0.15, 0.2) is 12.1 Å². The second kappa shape index (κ2) is 4.10. The smallest absolute Gasteiger partial charge is 0.178 e. The fourth-order valence-corrected chi connectivity index (χ4v) is 2.55. The number of halogens is 2. The number of hydrogen-bond donors (Lipinski definition) is 1. The van der Waals surface area contributed by atoms with Crippen molar-refractivity contribution in [3.8, 4) is 0 Å². The minimum absolute atomic E-state index is 0.145. The van der Waals surface area contributed by atoms with Crippen LogP contribution in [-0.4, -0.2) is 9.55 Å². The van der Waals surface area contributed by atoms with Crippen molar-refractivity contribution in [2.75, 3.05) is 0 Å². The van der Waals surface area contributed by atoms with Crippen LogP contribution in [0.5, 0.6) is 0 Å². The van der Waals surface area contributed by atoms with E-state index in [0.29, 0.717) is 10.3 Å². The van der Waals surface area contributed by atoms with E-state index in [9.17, 15) is 4.39 Å². The number of nitrogens with zero attached hydrogens (tertiary/aromatic N) is 1. The Morgan fingerprint density at radius 1 is 1.47 bits per heavy atom. The number of imidazole rings is 1. The number of aryl methyl sites for hydroxylation is 1. The van der Waals surface area contributed by atoms with Gasteiger partial charge in [-0.15, -0.1) is 0 Å². The van der Waals surface area contributed by atoms with Crippen molar-refractivity contribution in [2.24, 2.45) is 5.92 Å². The summed E-state index contributed by atoms with van der Waals surface area (Å²) in [5, 5.41) is 0.145. The van der Waals surface area contributed by atoms with Crippen LogP contribution in [0.3, 0.4) is 0 Å². The molecule has 0 bridgehead atoms. The lowest BCUT2D eigenvalue weighted by atomic mass is 10.2. The molecule has 0 radical (unpaired) electrons. The van der Waals surface area contributed by atoms with E-state index in [1.807, 2.05) is 4.57 Å². The summed E-state index contributed by atoms with van der Waals surface area (Å²) in [6.45, 7) is 0.880. The topological polar surface area (TPSA) is 20.7 Å². The molecule has 0 saturated heterocycles. The predicted molar refractivity (Wildman–Crippen MR) is 69.4 cm³/mol. The summed E-state index contributed by atoms with van der Waals surface area (Å²) in [5.41, 5.74) is 1.61. The van der Waals surface area contributed by atoms with Gasteiger partial charge in [0.05, 0.1) is 16.1 Å². The zero-order valence-electron chi connectivity index (χ0n) is 9.17. The molecule has 0 aliphatic heterocycles. The van der Waals surface area contributed by atoms with E-state index in [0.717, 1.165) is 24.4 Å². The van der Waals surface area contributed by atoms with Gasteiger partial charge in [0.2, 0.25) is 0 Å². The summed E-state index contributed by atoms with van der Waals surface area (Å²) in [7, 11) is 0. The van der Waals surface area contributed by atoms with Gasteiger partial charge >= 0.3 is 0 Å². The van der Waals surface area contributed by atoms with Crippen LogP contribution in [0.1, 0.15) is 19.3 Å². The van der Waals surface area contributed by atoms with Crippen LogP contribution in [0.2, 0.25) is 5.02 Å². The lowest BCUT2D eigenvalue weighted by Crippen LogP contribution is -1.98. The molecule has 0 atom stereocenters. The fraction of sp³-hybridized carbons (Fsp3) is 0.417. The molecule has 0 unspecified atom stereocenters. The molecule has 5 heteroatoms. The third kappa shape index (κ3) is 2.11. The summed E-state index contributed by atoms with van der Waals surface area (Å²) >= 11 is 11.1. The first-order valence-corrected chi connectivity index (χ1v) is 6.51. The number of H-pyrrole nitrogens is 1. The fourth-order valence-electron chi connectivity index (χ4n) is 2.09. The summed E-state index contributed by atoms with van der Waals surface area (Å²) in [6.07, 6.45) is 3.78. The van der Waals surface area contributed by atoms with Gasteiger partial charge in [0.1, 0.15) is 5.82 Å². The molecule has 0 amide bonds. The van der Waals surface area contributed by atoms with E-state index < -0.39 is 5.82 Å². The second-order valence-electron chi connectivity index (χ2n) is 4.60. The van der Waals surface area contributed by atoms with Gasteiger partial charge in [-0.1, -0.05) is 24.4 Å². The molecule has 1 N–H and O–H groups in total. The minimum atomic E-state index is -0.412. The van der Waals surface area contributed by atoms with Crippen LogP contribution in [0, 0.1) is 16.5 Å². The van der Waals surface area contributed by atoms with E-state index in [1.54, 1.807) is 6.07 Å². The normalized spacial score (nSPS) is 15.6. The largest absolute Gasteiger partial charge is 0.330 e. The number of benzene rings is 1. The molecule has 90 valence electrons. The maximum atomic E-state index is 13.3. The molecule has 1 saturated carbocycles. The number of hydrogen-bond acceptors (Lipinski definition) is 1. The highest BCUT2D eigenvalue weighted by atomic mass is 35.5. The zero-order chi connectivity index (χ0) is 12.0. The standard InChI is InChI=1S/C12H12ClFN2S/c13-8-5-11-10(6-9(8)14)15-12(17)16(11)4-3-7-1-2-7/h5-7H,1-4H2,(H,15,17). The van der Waals surface area contributed by atoms with E-state index >= 15 is 0 Å². The average Bonchev–Trinajstić information content (AvgIpc) is 3.04. The van der Waals surface area contributed by atoms with E-state index in [1.165, 1.54) is 18.9 Å². The molecule has 3 rings (SSSR count). The number of aromatic amines is 1. The van der Waals surface area contributed by atoms with E-state index in [4.69, 9.17) is 23.8 Å². The summed E-state index contributed by atoms with van der Waals surface area (Å²) in [5.74, 6) is 0.433. The molecule has 2 nitrogen and oxygen atoms in total. The number of fused-ring (bicyclic) bond motifs is 1. The Bertz CT molecular complexity index is 627. The van der Waals surface area contributed by atoms with Gasteiger partial charge in [-0.05, 0) is 30.6 Å². The predicted octanol–water partition coefficient (Wildman–Crippen LogP) is 4.29. The molecule has 1 heterocycles. The highest BCUT2D eigenvalue weighted by Gasteiger charge is 2.21. The maximum Gasteiger partial charge on any atom is 0.178 e. The van der Waals surface area contributed by atoms with Crippen molar-refractivity contribution >= 4 is 34.9 Å². The van der Waals surface area contributed by atoms with Crippen LogP contribution < -0.4 is 0 Å². The maximum absolute atomic E-state index is 13.3. The first-order valence-electron chi connectivity index (χ1n) is 5.72. The lowest BCUT2D eigenvalue weighted by molar-refractivity contribution is 0.602. The Morgan fingerprint density at radius 3 is 2.94 bits per heavy atom. The van der Waals surface area contributed by atoms with Crippen LogP contribution in [0.25, 0.3) is 11.0 Å². The minimum Gasteiger partial charge on any atom is -0.330 e. The van der Waals surface area contributed by atoms with Gasteiger partial charge in [-0.3, -0.25) is 0 Å². The van der Waals surface area contributed by atoms with E-state index in [2.05, 4.69) is 4.98 Å². The van der Waals surface area contributed by atoms with Gasteiger partial charge in [0, 0.05) is 12.6 Å². The Hall–Kier alpha value is -0.870. The quantitative estimate of drug-likeness (QED) is 0.825. The molecule has 17 heavy (non-hydrogen) atoms. The Morgan fingerprint density at radius 2 is 2.24 bits per heavy atom. The van der Waals surface area contributed by atoms with Gasteiger partial charge < -0.3 is 9.55 Å². The number of nitrogens with one attached hydrogen (secondary N) is 1. The van der Waals surface area contributed by atoms with Crippen molar-refractivity contribution < 1.29 is 4.39 Å².